The number of piperidine rings is 1. The number of hydrazine groups is 1. The molecule has 8 nitrogen and oxygen atoms in total. The molecule has 2 aliphatic heterocycles. The van der Waals surface area contributed by atoms with Crippen LogP contribution in [0.4, 0.5) is 5.82 Å². The molecule has 0 spiro atoms. The first kappa shape index (κ1) is 21.5. The highest BCUT2D eigenvalue weighted by atomic mass is 16.5. The number of benzene rings is 1. The molecule has 0 bridgehead atoms. The number of fused-ring (bicyclic) bond motifs is 1. The predicted octanol–water partition coefficient (Wildman–Crippen LogP) is 3.48. The minimum absolute atomic E-state index is 0.216. The molecule has 1 N–H and O–H groups in total. The molecule has 2 unspecified atom stereocenters. The Hall–Kier alpha value is -3.39. The van der Waals surface area contributed by atoms with E-state index < -0.39 is 0 Å². The molecule has 33 heavy (non-hydrogen) atoms. The molecule has 1 saturated heterocycles. The van der Waals surface area contributed by atoms with Crippen LogP contribution in [-0.2, 0) is 6.42 Å². The fraction of sp³-hybridized carbons (Fsp3) is 0.400. The number of amidine groups is 1. The molecule has 4 heterocycles. The van der Waals surface area contributed by atoms with E-state index in [1.807, 2.05) is 42.8 Å². The first-order chi connectivity index (χ1) is 16.0. The van der Waals surface area contributed by atoms with Crippen molar-refractivity contribution in [1.82, 2.24) is 19.5 Å². The Kier molecular flexibility index (Phi) is 5.76. The van der Waals surface area contributed by atoms with Crippen LogP contribution in [0, 0.1) is 6.92 Å². The van der Waals surface area contributed by atoms with Gasteiger partial charge < -0.3 is 14.4 Å². The number of rotatable bonds is 6. The lowest BCUT2D eigenvalue weighted by molar-refractivity contribution is 0.195. The number of anilines is 1. The van der Waals surface area contributed by atoms with Gasteiger partial charge in [-0.05, 0) is 56.4 Å². The minimum Gasteiger partial charge on any atom is -0.479 e. The van der Waals surface area contributed by atoms with Gasteiger partial charge in [0, 0.05) is 18.7 Å². The molecule has 172 valence electrons. The van der Waals surface area contributed by atoms with Crippen LogP contribution in [0.15, 0.2) is 53.9 Å². The van der Waals surface area contributed by atoms with Crippen molar-refractivity contribution in [3.8, 4) is 11.6 Å². The molecule has 1 aromatic carbocycles. The molecule has 2 aromatic heterocycles. The van der Waals surface area contributed by atoms with Gasteiger partial charge in [-0.15, -0.1) is 0 Å². The van der Waals surface area contributed by atoms with Crippen LogP contribution >= 0.6 is 0 Å². The van der Waals surface area contributed by atoms with E-state index in [2.05, 4.69) is 33.2 Å². The van der Waals surface area contributed by atoms with Crippen LogP contribution in [-0.4, -0.2) is 56.9 Å². The first-order valence-corrected chi connectivity index (χ1v) is 11.5. The third-order valence-corrected chi connectivity index (χ3v) is 6.32. The molecule has 0 amide bonds. The summed E-state index contributed by atoms with van der Waals surface area (Å²) in [5.74, 6) is 2.65. The van der Waals surface area contributed by atoms with E-state index in [0.717, 1.165) is 42.4 Å². The van der Waals surface area contributed by atoms with Crippen LogP contribution in [0.2, 0.25) is 0 Å². The van der Waals surface area contributed by atoms with Gasteiger partial charge in [0.15, 0.2) is 5.82 Å². The summed E-state index contributed by atoms with van der Waals surface area (Å²) in [7, 11) is 1.64. The molecular formula is C25H30N6O2. The van der Waals surface area contributed by atoms with Crippen LogP contribution in [0.25, 0.3) is 5.69 Å². The molecule has 2 aliphatic rings. The summed E-state index contributed by atoms with van der Waals surface area (Å²) in [5.41, 5.74) is 4.25. The van der Waals surface area contributed by atoms with E-state index in [-0.39, 0.29) is 12.0 Å². The van der Waals surface area contributed by atoms with Crippen molar-refractivity contribution in [2.24, 2.45) is 4.99 Å². The fourth-order valence-corrected chi connectivity index (χ4v) is 4.86. The van der Waals surface area contributed by atoms with Gasteiger partial charge in [-0.1, -0.05) is 24.3 Å². The topological polar surface area (TPSA) is 79.0 Å². The highest BCUT2D eigenvalue weighted by Gasteiger charge is 2.36. The zero-order valence-corrected chi connectivity index (χ0v) is 19.3. The zero-order chi connectivity index (χ0) is 22.9. The Bertz CT molecular complexity index is 1170. The quantitative estimate of drug-likeness (QED) is 0.625. The number of hydrogen-bond donors (Lipinski definition) is 1. The molecule has 0 saturated carbocycles. The van der Waals surface area contributed by atoms with Crippen molar-refractivity contribution in [2.45, 2.75) is 45.1 Å². The predicted molar refractivity (Wildman–Crippen MR) is 128 cm³/mol. The van der Waals surface area contributed by atoms with E-state index in [1.165, 1.54) is 11.1 Å². The van der Waals surface area contributed by atoms with Gasteiger partial charge in [-0.2, -0.15) is 4.98 Å². The minimum atomic E-state index is -0.373. The van der Waals surface area contributed by atoms with Crippen LogP contribution in [0.1, 0.15) is 42.5 Å². The zero-order valence-electron chi connectivity index (χ0n) is 19.3. The largest absolute Gasteiger partial charge is 0.479 e. The summed E-state index contributed by atoms with van der Waals surface area (Å²) >= 11 is 0. The van der Waals surface area contributed by atoms with Gasteiger partial charge in [-0.3, -0.25) is 5.01 Å². The summed E-state index contributed by atoms with van der Waals surface area (Å²) in [6, 6.07) is 12.5. The van der Waals surface area contributed by atoms with E-state index in [4.69, 9.17) is 14.7 Å². The summed E-state index contributed by atoms with van der Waals surface area (Å²) < 4.78 is 7.55. The van der Waals surface area contributed by atoms with Crippen molar-refractivity contribution in [3.05, 3.63) is 65.7 Å². The summed E-state index contributed by atoms with van der Waals surface area (Å²) in [6.07, 6.45) is 6.11. The van der Waals surface area contributed by atoms with Crippen LogP contribution in [0.5, 0.6) is 5.88 Å². The number of pyridine rings is 1. The maximum absolute atomic E-state index is 9.99. The lowest BCUT2D eigenvalue weighted by Crippen LogP contribution is -2.47. The SMILES string of the molecule is COc1nc(N2CN=C3C(c4ccccc4CC(C)O)CCCN32)ccc1-n1cnc(C)c1. The number of aliphatic imine (C=N–C) groups is 1. The summed E-state index contributed by atoms with van der Waals surface area (Å²) in [5, 5.41) is 14.4. The fourth-order valence-electron chi connectivity index (χ4n) is 4.86. The molecule has 3 aromatic rings. The average Bonchev–Trinajstić information content (AvgIpc) is 3.45. The third kappa shape index (κ3) is 4.06. The number of aliphatic hydroxyl groups is 1. The van der Waals surface area contributed by atoms with Crippen molar-refractivity contribution in [3.63, 3.8) is 0 Å². The Balaban J connectivity index is 1.43. The Morgan fingerprint density at radius 3 is 2.79 bits per heavy atom. The number of aromatic nitrogens is 3. The van der Waals surface area contributed by atoms with Gasteiger partial charge in [0.1, 0.15) is 18.2 Å². The molecular weight excluding hydrogens is 416 g/mol. The smallest absolute Gasteiger partial charge is 0.240 e. The number of imidazole rings is 1. The molecule has 0 radical (unpaired) electrons. The van der Waals surface area contributed by atoms with Crippen molar-refractivity contribution < 1.29 is 9.84 Å². The maximum atomic E-state index is 9.99. The van der Waals surface area contributed by atoms with E-state index >= 15 is 0 Å². The number of ether oxygens (including phenoxy) is 1. The number of aliphatic hydroxyl groups excluding tert-OH is 1. The molecule has 1 fully saturated rings. The first-order valence-electron chi connectivity index (χ1n) is 11.5. The second kappa shape index (κ2) is 8.86. The summed E-state index contributed by atoms with van der Waals surface area (Å²) in [4.78, 5) is 14.1. The monoisotopic (exact) mass is 446 g/mol. The van der Waals surface area contributed by atoms with E-state index in [1.54, 1.807) is 13.4 Å². The van der Waals surface area contributed by atoms with E-state index in [9.17, 15) is 5.11 Å². The number of aryl methyl sites for hydroxylation is 1. The lowest BCUT2D eigenvalue weighted by atomic mass is 9.85. The second-order valence-electron chi connectivity index (χ2n) is 8.75. The van der Waals surface area contributed by atoms with Gasteiger partial charge in [0.2, 0.25) is 5.88 Å². The van der Waals surface area contributed by atoms with Crippen molar-refractivity contribution >= 4 is 11.7 Å². The average molecular weight is 447 g/mol. The second-order valence-corrected chi connectivity index (χ2v) is 8.75. The Labute approximate surface area is 194 Å². The van der Waals surface area contributed by atoms with Crippen molar-refractivity contribution in [1.29, 1.82) is 0 Å². The molecule has 5 rings (SSSR count). The number of nitrogens with zero attached hydrogens (tertiary/aromatic N) is 6. The Morgan fingerprint density at radius 2 is 2.03 bits per heavy atom. The highest BCUT2D eigenvalue weighted by Crippen LogP contribution is 2.36. The molecule has 8 heteroatoms. The third-order valence-electron chi connectivity index (χ3n) is 6.32. The molecule has 2 atom stereocenters. The lowest BCUT2D eigenvalue weighted by Gasteiger charge is -2.38. The Morgan fingerprint density at radius 1 is 1.18 bits per heavy atom. The highest BCUT2D eigenvalue weighted by molar-refractivity contribution is 5.92. The van der Waals surface area contributed by atoms with Crippen molar-refractivity contribution in [2.75, 3.05) is 25.3 Å². The summed E-state index contributed by atoms with van der Waals surface area (Å²) in [6.45, 7) is 5.23. The van der Waals surface area contributed by atoms with Gasteiger partial charge >= 0.3 is 0 Å². The van der Waals surface area contributed by atoms with Gasteiger partial charge in [-0.25, -0.2) is 15.0 Å². The number of hydrogen-bond acceptors (Lipinski definition) is 7. The van der Waals surface area contributed by atoms with Crippen LogP contribution < -0.4 is 9.75 Å². The van der Waals surface area contributed by atoms with Gasteiger partial charge in [0.25, 0.3) is 0 Å². The standard InChI is InChI=1S/C25H30N6O2/c1-17-14-29(15-26-17)22-10-11-23(28-25(22)33-3)31-16-27-24-21(9-6-12-30(24)31)20-8-5-4-7-19(20)13-18(2)32/h4-5,7-8,10-11,14-15,18,21,32H,6,9,12-13,16H2,1-3H3. The maximum Gasteiger partial charge on any atom is 0.240 e. The molecule has 0 aliphatic carbocycles. The normalized spacial score (nSPS) is 18.8. The van der Waals surface area contributed by atoms with Crippen LogP contribution in [0.3, 0.4) is 0 Å². The van der Waals surface area contributed by atoms with Gasteiger partial charge in [0.05, 0.1) is 25.2 Å². The van der Waals surface area contributed by atoms with E-state index in [0.29, 0.717) is 19.0 Å². The number of methoxy groups -OCH3 is 1.